The minimum absolute atomic E-state index is 0.00909. The molecule has 1 fully saturated rings. The van der Waals surface area contributed by atoms with Gasteiger partial charge in [0.05, 0.1) is 34.8 Å². The van der Waals surface area contributed by atoms with E-state index in [1.165, 1.54) is 18.3 Å². The lowest BCUT2D eigenvalue weighted by Crippen LogP contribution is -2.45. The molecule has 1 aliphatic carbocycles. The van der Waals surface area contributed by atoms with Crippen LogP contribution in [0.3, 0.4) is 0 Å². The number of benzene rings is 1. The molecule has 2 atom stereocenters. The van der Waals surface area contributed by atoms with Gasteiger partial charge >= 0.3 is 0 Å². The summed E-state index contributed by atoms with van der Waals surface area (Å²) < 4.78 is 29.3. The third-order valence-electron chi connectivity index (χ3n) is 5.37. The number of hydrogen-bond acceptors (Lipinski definition) is 3. The summed E-state index contributed by atoms with van der Waals surface area (Å²) in [6, 6.07) is 5.21. The maximum Gasteiger partial charge on any atom is 0.255 e. The lowest BCUT2D eigenvalue weighted by atomic mass is 9.92. The monoisotopic (exact) mass is 419 g/mol. The molecule has 3 aromatic rings. The lowest BCUT2D eigenvalue weighted by Gasteiger charge is -2.28. The Kier molecular flexibility index (Phi) is 5.52. The van der Waals surface area contributed by atoms with Gasteiger partial charge in [-0.15, -0.1) is 0 Å². The van der Waals surface area contributed by atoms with E-state index in [1.807, 2.05) is 0 Å². The number of amides is 1. The summed E-state index contributed by atoms with van der Waals surface area (Å²) in [6.07, 6.45) is 5.67. The zero-order valence-corrected chi connectivity index (χ0v) is 16.3. The average molecular weight is 420 g/mol. The molecule has 8 heteroatoms. The molecule has 0 radical (unpaired) electrons. The third kappa shape index (κ3) is 3.84. The van der Waals surface area contributed by atoms with Gasteiger partial charge in [-0.05, 0) is 25.0 Å². The van der Waals surface area contributed by atoms with E-state index in [2.05, 4.69) is 10.3 Å². The summed E-state index contributed by atoms with van der Waals surface area (Å²) in [5, 5.41) is 13.4. The van der Waals surface area contributed by atoms with Gasteiger partial charge in [0.25, 0.3) is 5.91 Å². The van der Waals surface area contributed by atoms with Crippen LogP contribution in [-0.2, 0) is 6.54 Å². The second-order valence-corrected chi connectivity index (χ2v) is 7.71. The Morgan fingerprint density at radius 2 is 2.07 bits per heavy atom. The van der Waals surface area contributed by atoms with E-state index < -0.39 is 17.7 Å². The van der Waals surface area contributed by atoms with Gasteiger partial charge in [-0.2, -0.15) is 0 Å². The maximum absolute atomic E-state index is 14.2. The summed E-state index contributed by atoms with van der Waals surface area (Å²) in [7, 11) is 0. The van der Waals surface area contributed by atoms with Gasteiger partial charge in [0.1, 0.15) is 5.52 Å². The maximum atomic E-state index is 14.2. The highest BCUT2D eigenvalue weighted by atomic mass is 35.5. The molecular formula is C21H20ClF2N3O2. The normalized spacial score (nSPS) is 19.4. The molecule has 152 valence electrons. The number of aliphatic hydroxyl groups excluding tert-OH is 1. The molecule has 1 aliphatic rings. The molecular weight excluding hydrogens is 400 g/mol. The van der Waals surface area contributed by atoms with Crippen LogP contribution in [0.15, 0.2) is 36.7 Å². The van der Waals surface area contributed by atoms with Gasteiger partial charge in [-0.25, -0.2) is 8.78 Å². The van der Waals surface area contributed by atoms with Gasteiger partial charge in [-0.1, -0.05) is 36.6 Å². The van der Waals surface area contributed by atoms with Crippen molar-refractivity contribution in [2.24, 2.45) is 0 Å². The Labute approximate surface area is 171 Å². The van der Waals surface area contributed by atoms with Crippen molar-refractivity contribution in [1.82, 2.24) is 14.9 Å². The Bertz CT molecular complexity index is 1070. The van der Waals surface area contributed by atoms with Crippen LogP contribution in [0.4, 0.5) is 8.78 Å². The molecule has 2 heterocycles. The van der Waals surface area contributed by atoms with Crippen molar-refractivity contribution in [3.8, 4) is 0 Å². The van der Waals surface area contributed by atoms with E-state index in [0.717, 1.165) is 18.9 Å². The first-order chi connectivity index (χ1) is 14.0. The smallest absolute Gasteiger partial charge is 0.255 e. The molecule has 0 saturated heterocycles. The van der Waals surface area contributed by atoms with Crippen LogP contribution in [0.2, 0.25) is 5.02 Å². The molecule has 0 aliphatic heterocycles. The van der Waals surface area contributed by atoms with E-state index >= 15 is 0 Å². The fourth-order valence-electron chi connectivity index (χ4n) is 3.85. The van der Waals surface area contributed by atoms with Gasteiger partial charge in [-0.3, -0.25) is 9.78 Å². The highest BCUT2D eigenvalue weighted by molar-refractivity contribution is 6.35. The standard InChI is InChI=1S/C21H20ClF2N3O2/c22-14-8-9-25-19-13(21(29)26-16-6-1-2-7-17(16)28)11-27(20(14)19)10-12-4-3-5-15(23)18(12)24/h3-5,8-9,11,16-17,28H,1-2,6-7,10H2,(H,26,29)/t16?,17-/m0/s1. The predicted molar refractivity (Wildman–Crippen MR) is 106 cm³/mol. The highest BCUT2D eigenvalue weighted by Gasteiger charge is 2.27. The molecule has 2 aromatic heterocycles. The van der Waals surface area contributed by atoms with E-state index in [0.29, 0.717) is 28.9 Å². The van der Waals surface area contributed by atoms with Crippen molar-refractivity contribution in [3.63, 3.8) is 0 Å². The van der Waals surface area contributed by atoms with Crippen molar-refractivity contribution in [2.45, 2.75) is 44.4 Å². The number of fused-ring (bicyclic) bond motifs is 1. The topological polar surface area (TPSA) is 67.2 Å². The number of pyridine rings is 1. The molecule has 29 heavy (non-hydrogen) atoms. The fourth-order valence-corrected chi connectivity index (χ4v) is 4.11. The molecule has 1 unspecified atom stereocenters. The largest absolute Gasteiger partial charge is 0.391 e. The van der Waals surface area contributed by atoms with Crippen molar-refractivity contribution in [1.29, 1.82) is 0 Å². The predicted octanol–water partition coefficient (Wildman–Crippen LogP) is 4.05. The van der Waals surface area contributed by atoms with Crippen molar-refractivity contribution in [2.75, 3.05) is 0 Å². The lowest BCUT2D eigenvalue weighted by molar-refractivity contribution is 0.0718. The van der Waals surface area contributed by atoms with Crippen LogP contribution in [0.1, 0.15) is 41.6 Å². The Balaban J connectivity index is 1.71. The Morgan fingerprint density at radius 1 is 1.28 bits per heavy atom. The number of halogens is 3. The second kappa shape index (κ2) is 8.08. The zero-order valence-electron chi connectivity index (χ0n) is 15.5. The zero-order chi connectivity index (χ0) is 20.5. The van der Waals surface area contributed by atoms with E-state index in [1.54, 1.807) is 16.8 Å². The first-order valence-corrected chi connectivity index (χ1v) is 9.88. The summed E-state index contributed by atoms with van der Waals surface area (Å²) in [5.41, 5.74) is 1.25. The fraction of sp³-hybridized carbons (Fsp3) is 0.333. The first-order valence-electron chi connectivity index (χ1n) is 9.51. The number of aliphatic hydroxyl groups is 1. The minimum Gasteiger partial charge on any atom is -0.391 e. The second-order valence-electron chi connectivity index (χ2n) is 7.31. The van der Waals surface area contributed by atoms with Crippen LogP contribution in [0, 0.1) is 11.6 Å². The molecule has 0 spiro atoms. The molecule has 1 aromatic carbocycles. The van der Waals surface area contributed by atoms with Crippen molar-refractivity contribution < 1.29 is 18.7 Å². The molecule has 1 amide bonds. The molecule has 2 N–H and O–H groups in total. The number of nitrogens with zero attached hydrogens (tertiary/aromatic N) is 2. The van der Waals surface area contributed by atoms with E-state index in [-0.39, 0.29) is 29.6 Å². The van der Waals surface area contributed by atoms with Gasteiger partial charge < -0.3 is 15.0 Å². The number of hydrogen-bond donors (Lipinski definition) is 2. The number of aromatic nitrogens is 2. The van der Waals surface area contributed by atoms with E-state index in [9.17, 15) is 18.7 Å². The quantitative estimate of drug-likeness (QED) is 0.670. The third-order valence-corrected chi connectivity index (χ3v) is 5.67. The van der Waals surface area contributed by atoms with Gasteiger partial charge in [0.15, 0.2) is 11.6 Å². The number of nitrogens with one attached hydrogen (secondary N) is 1. The van der Waals surface area contributed by atoms with Crippen LogP contribution in [-0.4, -0.2) is 32.7 Å². The summed E-state index contributed by atoms with van der Waals surface area (Å²) in [6.45, 7) is -0.00909. The molecule has 5 nitrogen and oxygen atoms in total. The Hall–Kier alpha value is -2.51. The summed E-state index contributed by atoms with van der Waals surface area (Å²) >= 11 is 6.33. The summed E-state index contributed by atoms with van der Waals surface area (Å²) in [4.78, 5) is 17.2. The van der Waals surface area contributed by atoms with Crippen molar-refractivity contribution >= 4 is 28.5 Å². The van der Waals surface area contributed by atoms with E-state index in [4.69, 9.17) is 11.6 Å². The molecule has 4 rings (SSSR count). The van der Waals surface area contributed by atoms with Crippen LogP contribution < -0.4 is 5.32 Å². The average Bonchev–Trinajstić information content (AvgIpc) is 3.07. The summed E-state index contributed by atoms with van der Waals surface area (Å²) in [5.74, 6) is -2.26. The number of carbonyl (C=O) groups is 1. The minimum atomic E-state index is -0.939. The molecule has 0 bridgehead atoms. The first kappa shape index (κ1) is 19.8. The highest BCUT2D eigenvalue weighted by Crippen LogP contribution is 2.28. The SMILES string of the molecule is O=C(NC1CCCC[C@@H]1O)c1cn(Cc2cccc(F)c2F)c2c(Cl)ccnc12. The molecule has 1 saturated carbocycles. The van der Waals surface area contributed by atoms with Crippen LogP contribution in [0.25, 0.3) is 11.0 Å². The van der Waals surface area contributed by atoms with Crippen LogP contribution in [0.5, 0.6) is 0 Å². The van der Waals surface area contributed by atoms with Gasteiger partial charge in [0.2, 0.25) is 0 Å². The van der Waals surface area contributed by atoms with Crippen molar-refractivity contribution in [3.05, 3.63) is 64.4 Å². The van der Waals surface area contributed by atoms with Gasteiger partial charge in [0, 0.05) is 18.0 Å². The Morgan fingerprint density at radius 3 is 2.86 bits per heavy atom. The van der Waals surface area contributed by atoms with Crippen LogP contribution >= 0.6 is 11.6 Å². The number of rotatable bonds is 4. The number of carbonyl (C=O) groups excluding carboxylic acids is 1.